The summed E-state index contributed by atoms with van der Waals surface area (Å²) >= 11 is 7.88. The Morgan fingerprint density at radius 1 is 0.940 bits per heavy atom. The lowest BCUT2D eigenvalue weighted by Gasteiger charge is -2.49. The van der Waals surface area contributed by atoms with E-state index >= 15 is 4.79 Å². The molecule has 252 valence electrons. The maximum atomic E-state index is 15.1. The molecule has 3 aromatic carbocycles. The third kappa shape index (κ3) is 3.97. The van der Waals surface area contributed by atoms with Crippen LogP contribution in [0.3, 0.4) is 0 Å². The van der Waals surface area contributed by atoms with Crippen LogP contribution in [0, 0.1) is 36.0 Å². The van der Waals surface area contributed by atoms with Crippen molar-refractivity contribution < 1.29 is 24.3 Å². The van der Waals surface area contributed by atoms with Gasteiger partial charge in [-0.3, -0.25) is 28.8 Å². The fourth-order valence-electron chi connectivity index (χ4n) is 9.46. The average Bonchev–Trinajstić information content (AvgIpc) is 3.76. The molecule has 2 aliphatic heterocycles. The second-order valence-corrected chi connectivity index (χ2v) is 15.8. The molecule has 9 nitrogen and oxygen atoms in total. The lowest BCUT2D eigenvalue weighted by molar-refractivity contribution is -0.138. The van der Waals surface area contributed by atoms with Gasteiger partial charge in [0.1, 0.15) is 17.3 Å². The Labute approximate surface area is 296 Å². The number of fused-ring (bicyclic) bond motifs is 6. The van der Waals surface area contributed by atoms with Gasteiger partial charge in [0.25, 0.3) is 0 Å². The first-order valence-corrected chi connectivity index (χ1v) is 17.9. The largest absolute Gasteiger partial charge is 0.507 e. The van der Waals surface area contributed by atoms with Crippen LogP contribution in [0.5, 0.6) is 5.75 Å². The van der Waals surface area contributed by atoms with E-state index in [1.807, 2.05) is 74.5 Å². The summed E-state index contributed by atoms with van der Waals surface area (Å²) in [5.41, 5.74) is 1.72. The summed E-state index contributed by atoms with van der Waals surface area (Å²) in [6, 6.07) is 18.8. The number of aromatic nitrogens is 2. The molecule has 6 atom stereocenters. The molecular weight excluding hydrogens is 672 g/mol. The van der Waals surface area contributed by atoms with Crippen molar-refractivity contribution >= 4 is 73.2 Å². The molecule has 1 N–H and O–H groups in total. The van der Waals surface area contributed by atoms with Crippen LogP contribution in [-0.2, 0) is 26.2 Å². The van der Waals surface area contributed by atoms with E-state index in [0.29, 0.717) is 33.9 Å². The van der Waals surface area contributed by atoms with E-state index in [9.17, 15) is 19.5 Å². The number of hydrogen-bond acceptors (Lipinski definition) is 7. The Hall–Kier alpha value is -4.80. The molecule has 4 amide bonds. The first kappa shape index (κ1) is 31.2. The van der Waals surface area contributed by atoms with Gasteiger partial charge >= 0.3 is 0 Å². The maximum Gasteiger partial charge on any atom is 0.242 e. The van der Waals surface area contributed by atoms with E-state index in [4.69, 9.17) is 16.7 Å². The summed E-state index contributed by atoms with van der Waals surface area (Å²) in [6.45, 7) is 3.84. The van der Waals surface area contributed by atoms with E-state index in [2.05, 4.69) is 0 Å². The SMILES string of the molecule is Cc1c(-c2cc(N3C(=O)C4CC5C(=CCC6C(=O)N(C)C(=O)C65)C(c5ccc6ccccc6c5O)C4(C)C3=O)n(C)n2)sc2ccc(Cl)cc12. The van der Waals surface area contributed by atoms with Crippen LogP contribution >= 0.6 is 22.9 Å². The predicted octanol–water partition coefficient (Wildman–Crippen LogP) is 6.98. The summed E-state index contributed by atoms with van der Waals surface area (Å²) < 4.78 is 2.63. The fraction of sp³-hybridized carbons (Fsp3) is 0.308. The molecule has 1 saturated carbocycles. The number of anilines is 1. The van der Waals surface area contributed by atoms with Crippen molar-refractivity contribution in [2.75, 3.05) is 11.9 Å². The number of hydrogen-bond donors (Lipinski definition) is 1. The molecule has 6 unspecified atom stereocenters. The number of carbonyl (C=O) groups excluding carboxylic acids is 4. The van der Waals surface area contributed by atoms with Gasteiger partial charge in [0.2, 0.25) is 23.6 Å². The highest BCUT2D eigenvalue weighted by atomic mass is 35.5. The van der Waals surface area contributed by atoms with Gasteiger partial charge in [-0.2, -0.15) is 5.10 Å². The molecule has 9 rings (SSSR count). The van der Waals surface area contributed by atoms with E-state index in [1.54, 1.807) is 29.1 Å². The van der Waals surface area contributed by atoms with Crippen molar-refractivity contribution in [3.05, 3.63) is 88.5 Å². The number of amides is 4. The third-order valence-electron chi connectivity index (χ3n) is 12.0. The van der Waals surface area contributed by atoms with Crippen LogP contribution in [0.1, 0.15) is 36.8 Å². The van der Waals surface area contributed by atoms with E-state index in [0.717, 1.165) is 31.5 Å². The van der Waals surface area contributed by atoms with Gasteiger partial charge in [-0.25, -0.2) is 4.90 Å². The average molecular weight is 705 g/mol. The number of imide groups is 2. The van der Waals surface area contributed by atoms with Crippen LogP contribution in [0.2, 0.25) is 5.02 Å². The van der Waals surface area contributed by atoms with E-state index < -0.39 is 35.0 Å². The van der Waals surface area contributed by atoms with Crippen LogP contribution in [0.15, 0.2) is 72.3 Å². The van der Waals surface area contributed by atoms with Crippen molar-refractivity contribution in [1.82, 2.24) is 14.7 Å². The zero-order valence-corrected chi connectivity index (χ0v) is 29.4. The predicted molar refractivity (Wildman–Crippen MR) is 192 cm³/mol. The van der Waals surface area contributed by atoms with Crippen molar-refractivity contribution in [2.45, 2.75) is 32.6 Å². The van der Waals surface area contributed by atoms with Crippen LogP contribution in [0.25, 0.3) is 31.4 Å². The molecule has 11 heteroatoms. The molecular formula is C39H33ClN4O5S. The topological polar surface area (TPSA) is 113 Å². The van der Waals surface area contributed by atoms with Gasteiger partial charge in [0.05, 0.1) is 28.0 Å². The summed E-state index contributed by atoms with van der Waals surface area (Å²) in [6.07, 6.45) is 2.59. The van der Waals surface area contributed by atoms with Gasteiger partial charge in [-0.05, 0) is 67.1 Å². The van der Waals surface area contributed by atoms with Crippen molar-refractivity contribution in [3.63, 3.8) is 0 Å². The smallest absolute Gasteiger partial charge is 0.242 e. The summed E-state index contributed by atoms with van der Waals surface area (Å²) in [5, 5.41) is 19.8. The Morgan fingerprint density at radius 2 is 1.72 bits per heavy atom. The lowest BCUT2D eigenvalue weighted by Crippen LogP contribution is -2.48. The number of benzene rings is 3. The van der Waals surface area contributed by atoms with Gasteiger partial charge in [0, 0.05) is 46.8 Å². The minimum Gasteiger partial charge on any atom is -0.507 e. The second-order valence-electron chi connectivity index (χ2n) is 14.3. The summed E-state index contributed by atoms with van der Waals surface area (Å²) in [4.78, 5) is 60.0. The Morgan fingerprint density at radius 3 is 2.52 bits per heavy atom. The molecule has 0 spiro atoms. The second kappa shape index (κ2) is 10.6. The number of carbonyl (C=O) groups is 4. The Balaban J connectivity index is 1.20. The Kier molecular flexibility index (Phi) is 6.62. The number of phenols is 1. The Bertz CT molecular complexity index is 2410. The molecule has 0 radical (unpaired) electrons. The zero-order valence-electron chi connectivity index (χ0n) is 27.8. The number of allylic oxidation sites excluding steroid dienone is 2. The monoisotopic (exact) mass is 704 g/mol. The van der Waals surface area contributed by atoms with Gasteiger partial charge in [0.15, 0.2) is 0 Å². The molecule has 2 aromatic heterocycles. The zero-order chi connectivity index (χ0) is 35.0. The molecule has 4 aliphatic rings. The standard InChI is InChI=1S/C39H33ClN4O5S/c1-18-25-15-20(40)10-14-29(25)50-34(18)28-17-30(43(4)41-28)44-36(47)27-16-26-22(12-13-23-31(26)37(48)42(3)35(23)46)32(39(27,2)38(44)49)24-11-9-19-7-5-6-8-21(19)33(24)45/h5-12,14-15,17,23,26-27,31-32,45H,13,16H2,1-4H3. The molecule has 50 heavy (non-hydrogen) atoms. The van der Waals surface area contributed by atoms with E-state index in [-0.39, 0.29) is 35.8 Å². The third-order valence-corrected chi connectivity index (χ3v) is 13.5. The number of rotatable bonds is 3. The molecule has 0 bridgehead atoms. The van der Waals surface area contributed by atoms with Crippen LogP contribution in [0.4, 0.5) is 5.82 Å². The van der Waals surface area contributed by atoms with Gasteiger partial charge in [-0.1, -0.05) is 59.6 Å². The first-order valence-electron chi connectivity index (χ1n) is 16.7. The number of phenolic OH excluding ortho intramolecular Hbond substituents is 1. The van der Waals surface area contributed by atoms with Crippen LogP contribution < -0.4 is 4.90 Å². The van der Waals surface area contributed by atoms with Crippen molar-refractivity contribution in [2.24, 2.45) is 36.1 Å². The first-order chi connectivity index (χ1) is 23.9. The minimum atomic E-state index is -1.29. The number of halogens is 1. The fourth-order valence-corrected chi connectivity index (χ4v) is 10.8. The summed E-state index contributed by atoms with van der Waals surface area (Å²) in [5.74, 6) is -3.96. The molecule has 2 saturated heterocycles. The lowest BCUT2D eigenvalue weighted by atomic mass is 9.51. The minimum absolute atomic E-state index is 0.0459. The molecule has 2 aliphatic carbocycles. The van der Waals surface area contributed by atoms with Crippen molar-refractivity contribution in [3.8, 4) is 16.3 Å². The molecule has 5 aromatic rings. The molecule has 3 fully saturated rings. The highest BCUT2D eigenvalue weighted by molar-refractivity contribution is 7.22. The maximum absolute atomic E-state index is 15.1. The quantitative estimate of drug-likeness (QED) is 0.160. The van der Waals surface area contributed by atoms with Crippen LogP contribution in [-0.4, -0.2) is 50.5 Å². The number of aromatic hydroxyl groups is 1. The number of nitrogens with zero attached hydrogens (tertiary/aromatic N) is 4. The normalized spacial score (nSPS) is 27.7. The highest BCUT2D eigenvalue weighted by Gasteiger charge is 2.68. The van der Waals surface area contributed by atoms with Gasteiger partial charge in [-0.15, -0.1) is 11.3 Å². The summed E-state index contributed by atoms with van der Waals surface area (Å²) in [7, 11) is 3.24. The van der Waals surface area contributed by atoms with E-state index in [1.165, 1.54) is 16.8 Å². The number of aryl methyl sites for hydroxylation is 2. The molecule has 4 heterocycles. The number of likely N-dealkylation sites (tertiary alicyclic amines) is 1. The van der Waals surface area contributed by atoms with Gasteiger partial charge < -0.3 is 5.11 Å². The highest BCUT2D eigenvalue weighted by Crippen LogP contribution is 2.64. The number of thiophene rings is 1. The van der Waals surface area contributed by atoms with Crippen molar-refractivity contribution in [1.29, 1.82) is 0 Å².